The summed E-state index contributed by atoms with van der Waals surface area (Å²) in [5.74, 6) is 0.152. The Bertz CT molecular complexity index is 1520. The van der Waals surface area contributed by atoms with E-state index in [1.54, 1.807) is 12.1 Å². The van der Waals surface area contributed by atoms with Crippen molar-refractivity contribution in [3.8, 4) is 11.5 Å². The number of nitrogens with one attached hydrogen (secondary N) is 1. The zero-order valence-electron chi connectivity index (χ0n) is 27.4. The number of alkyl carbamates (subject to hydrolysis) is 1. The largest absolute Gasteiger partial charge is 0.465 e. The van der Waals surface area contributed by atoms with Gasteiger partial charge in [0.1, 0.15) is 4.90 Å². The van der Waals surface area contributed by atoms with Crippen LogP contribution in [0.4, 0.5) is 9.59 Å². The Kier molecular flexibility index (Phi) is 11.4. The van der Waals surface area contributed by atoms with Gasteiger partial charge >= 0.3 is 12.2 Å². The van der Waals surface area contributed by atoms with Crippen molar-refractivity contribution in [1.82, 2.24) is 14.5 Å². The second kappa shape index (κ2) is 15.3. The average Bonchev–Trinajstić information content (AvgIpc) is 3.81. The van der Waals surface area contributed by atoms with Gasteiger partial charge in [0.05, 0.1) is 38.0 Å². The molecule has 0 spiro atoms. The molecule has 3 aliphatic rings. The number of carboxylic acid groups (broad SMARTS) is 1. The lowest BCUT2D eigenvalue weighted by Gasteiger charge is -2.40. The van der Waals surface area contributed by atoms with Crippen LogP contribution in [0.3, 0.4) is 0 Å². The maximum absolute atomic E-state index is 14.5. The lowest BCUT2D eigenvalue weighted by atomic mass is 9.87. The predicted octanol–water partition coefficient (Wildman–Crippen LogP) is 3.28. The van der Waals surface area contributed by atoms with Crippen LogP contribution >= 0.6 is 0 Å². The fourth-order valence-corrected chi connectivity index (χ4v) is 8.49. The van der Waals surface area contributed by atoms with E-state index < -0.39 is 58.6 Å². The minimum absolute atomic E-state index is 0.0346. The number of nitrogens with zero attached hydrogens (tertiary/aromatic N) is 2. The fourth-order valence-electron chi connectivity index (χ4n) is 6.70. The monoisotopic (exact) mass is 691 g/mol. The van der Waals surface area contributed by atoms with Gasteiger partial charge in [0, 0.05) is 26.1 Å². The molecule has 0 aromatic heterocycles. The van der Waals surface area contributed by atoms with Crippen LogP contribution in [-0.4, -0.2) is 111 Å². The van der Waals surface area contributed by atoms with Gasteiger partial charge in [0.2, 0.25) is 16.8 Å². The number of ether oxygens (including phenoxy) is 5. The summed E-state index contributed by atoms with van der Waals surface area (Å²) in [5, 5.41) is 25.1. The summed E-state index contributed by atoms with van der Waals surface area (Å²) < 4.78 is 57.8. The minimum Gasteiger partial charge on any atom is -0.465 e. The zero-order valence-corrected chi connectivity index (χ0v) is 28.3. The number of aliphatic hydroxyl groups is 1. The number of hydrogen-bond acceptors (Lipinski definition) is 10. The van der Waals surface area contributed by atoms with E-state index in [9.17, 15) is 28.2 Å². The minimum atomic E-state index is -4.33. The highest BCUT2D eigenvalue weighted by atomic mass is 32.2. The lowest BCUT2D eigenvalue weighted by molar-refractivity contribution is -0.0906. The molecule has 0 saturated carbocycles. The van der Waals surface area contributed by atoms with Crippen molar-refractivity contribution in [2.45, 2.75) is 68.9 Å². The molecule has 5 rings (SSSR count). The van der Waals surface area contributed by atoms with Crippen molar-refractivity contribution in [1.29, 1.82) is 0 Å². The molecule has 14 nitrogen and oxygen atoms in total. The molecule has 2 fully saturated rings. The van der Waals surface area contributed by atoms with E-state index in [1.165, 1.54) is 22.3 Å². The van der Waals surface area contributed by atoms with Gasteiger partial charge in [0.15, 0.2) is 17.8 Å². The topological polar surface area (TPSA) is 173 Å². The third-order valence-corrected chi connectivity index (χ3v) is 10.9. The molecule has 0 aliphatic carbocycles. The van der Waals surface area contributed by atoms with Gasteiger partial charge in [-0.1, -0.05) is 50.2 Å². The third-order valence-electron chi connectivity index (χ3n) is 9.08. The summed E-state index contributed by atoms with van der Waals surface area (Å²) in [4.78, 5) is 25.7. The van der Waals surface area contributed by atoms with Crippen LogP contribution in [0.1, 0.15) is 38.7 Å². The highest BCUT2D eigenvalue weighted by Crippen LogP contribution is 2.41. The first kappa shape index (κ1) is 35.7. The van der Waals surface area contributed by atoms with Gasteiger partial charge in [-0.15, -0.1) is 0 Å². The zero-order chi connectivity index (χ0) is 34.5. The summed E-state index contributed by atoms with van der Waals surface area (Å²) in [6, 6.07) is 12.2. The molecule has 48 heavy (non-hydrogen) atoms. The van der Waals surface area contributed by atoms with Gasteiger partial charge in [0.25, 0.3) is 0 Å². The molecule has 3 heterocycles. The number of hydrogen-bond donors (Lipinski definition) is 3. The molecule has 5 atom stereocenters. The molecular formula is C33H45N3O11S. The summed E-state index contributed by atoms with van der Waals surface area (Å²) in [6.07, 6.45) is -2.09. The second-order valence-corrected chi connectivity index (χ2v) is 15.0. The third kappa shape index (κ3) is 8.14. The molecule has 3 aliphatic heterocycles. The quantitative estimate of drug-likeness (QED) is 0.234. The Morgan fingerprint density at radius 1 is 1.10 bits per heavy atom. The molecule has 264 valence electrons. The van der Waals surface area contributed by atoms with Crippen LogP contribution in [-0.2, 0) is 30.7 Å². The standard InChI is InChI=1S/C33H45N3O11S/c1-33(2,14-8-15-44-31(38)34-3)20-35(48(41,42)28-12-7-11-27-29(28)47-21-46-27)18-26(37)24(17-22-9-5-4-6-10-22)36(32(39)40)25-19-45-30-23(25)13-16-43-30/h4-7,9-12,23-26,30,37H,8,13-21H2,1-3H3,(H,34,38)(H,39,40)/t23-,24-,25-,26+,30+/m0/s1. The first-order valence-corrected chi connectivity index (χ1v) is 17.5. The predicted molar refractivity (Wildman–Crippen MR) is 172 cm³/mol. The second-order valence-electron chi connectivity index (χ2n) is 13.0. The maximum atomic E-state index is 14.5. The van der Waals surface area contributed by atoms with Crippen molar-refractivity contribution < 1.29 is 51.9 Å². The van der Waals surface area contributed by atoms with Gasteiger partial charge in [-0.25, -0.2) is 18.0 Å². The number of sulfonamides is 1. The molecule has 0 bridgehead atoms. The van der Waals surface area contributed by atoms with E-state index in [0.717, 1.165) is 5.56 Å². The molecule has 2 aromatic rings. The molecular weight excluding hydrogens is 646 g/mol. The van der Waals surface area contributed by atoms with E-state index in [4.69, 9.17) is 23.7 Å². The summed E-state index contributed by atoms with van der Waals surface area (Å²) in [6.45, 7) is 3.86. The molecule has 2 saturated heterocycles. The van der Waals surface area contributed by atoms with Gasteiger partial charge in [-0.2, -0.15) is 4.31 Å². The highest BCUT2D eigenvalue weighted by molar-refractivity contribution is 7.89. The highest BCUT2D eigenvalue weighted by Gasteiger charge is 2.49. The average molecular weight is 692 g/mol. The Hall–Kier alpha value is -3.63. The number of rotatable bonds is 15. The van der Waals surface area contributed by atoms with Crippen molar-refractivity contribution in [3.05, 3.63) is 54.1 Å². The first-order valence-electron chi connectivity index (χ1n) is 16.1. The molecule has 0 radical (unpaired) electrons. The van der Waals surface area contributed by atoms with Crippen LogP contribution in [0.2, 0.25) is 0 Å². The number of benzene rings is 2. The fraction of sp³-hybridized carbons (Fsp3) is 0.576. The van der Waals surface area contributed by atoms with Gasteiger partial charge in [-0.05, 0) is 48.8 Å². The number of carbonyl (C=O) groups excluding carboxylic acids is 1. The molecule has 2 amide bonds. The van der Waals surface area contributed by atoms with Crippen LogP contribution in [0.5, 0.6) is 11.5 Å². The van der Waals surface area contributed by atoms with Crippen LogP contribution in [0.15, 0.2) is 53.4 Å². The van der Waals surface area contributed by atoms with Crippen molar-refractivity contribution in [3.63, 3.8) is 0 Å². The van der Waals surface area contributed by atoms with E-state index in [0.29, 0.717) is 25.9 Å². The Morgan fingerprint density at radius 3 is 2.60 bits per heavy atom. The number of aliphatic hydroxyl groups excluding tert-OH is 1. The van der Waals surface area contributed by atoms with Crippen molar-refractivity contribution in [2.24, 2.45) is 11.3 Å². The van der Waals surface area contributed by atoms with Crippen molar-refractivity contribution in [2.75, 3.05) is 46.8 Å². The summed E-state index contributed by atoms with van der Waals surface area (Å²) >= 11 is 0. The van der Waals surface area contributed by atoms with Gasteiger partial charge < -0.3 is 39.2 Å². The van der Waals surface area contributed by atoms with E-state index in [2.05, 4.69) is 5.32 Å². The van der Waals surface area contributed by atoms with E-state index >= 15 is 0 Å². The molecule has 0 unspecified atom stereocenters. The van der Waals surface area contributed by atoms with E-state index in [1.807, 2.05) is 44.2 Å². The van der Waals surface area contributed by atoms with Crippen molar-refractivity contribution >= 4 is 22.2 Å². The Morgan fingerprint density at radius 2 is 1.88 bits per heavy atom. The van der Waals surface area contributed by atoms with Crippen LogP contribution in [0, 0.1) is 11.3 Å². The smallest absolute Gasteiger partial charge is 0.407 e. The van der Waals surface area contributed by atoms with E-state index in [-0.39, 0.29) is 55.3 Å². The maximum Gasteiger partial charge on any atom is 0.407 e. The normalized spacial score (nSPS) is 21.5. The number of para-hydroxylation sites is 1. The number of carbonyl (C=O) groups is 2. The molecule has 2 aromatic carbocycles. The Labute approximate surface area is 280 Å². The molecule has 15 heteroatoms. The first-order chi connectivity index (χ1) is 22.9. The number of fused-ring (bicyclic) bond motifs is 2. The molecule has 3 N–H and O–H groups in total. The Balaban J connectivity index is 1.47. The summed E-state index contributed by atoms with van der Waals surface area (Å²) in [7, 11) is -2.86. The number of amides is 2. The summed E-state index contributed by atoms with van der Waals surface area (Å²) in [5.41, 5.74) is 0.131. The van der Waals surface area contributed by atoms with Crippen LogP contribution in [0.25, 0.3) is 0 Å². The van der Waals surface area contributed by atoms with Crippen LogP contribution < -0.4 is 14.8 Å². The lowest BCUT2D eigenvalue weighted by Crippen LogP contribution is -2.58. The van der Waals surface area contributed by atoms with Gasteiger partial charge in [-0.3, -0.25) is 4.90 Å². The SMILES string of the molecule is CNC(=O)OCCCC(C)(C)CN(C[C@@H](O)[C@H](Cc1ccccc1)N(C(=O)O)[C@H]1CO[C@H]2OCC[C@H]21)S(=O)(=O)c1cccc2c1OCO2.